The predicted molar refractivity (Wildman–Crippen MR) is 97.0 cm³/mol. The van der Waals surface area contributed by atoms with Gasteiger partial charge in [-0.2, -0.15) is 0 Å². The number of nitrogens with one attached hydrogen (secondary N) is 1. The Morgan fingerprint density at radius 2 is 2.26 bits per heavy atom. The third-order valence-corrected chi connectivity index (χ3v) is 6.00. The van der Waals surface area contributed by atoms with Crippen LogP contribution < -0.4 is 5.32 Å². The van der Waals surface area contributed by atoms with Crippen LogP contribution in [0, 0.1) is 5.92 Å². The number of hydrogen-bond acceptors (Lipinski definition) is 4. The topological polar surface area (TPSA) is 42.0 Å². The molecule has 3 rings (SSSR count). The van der Waals surface area contributed by atoms with Crippen molar-refractivity contribution in [2.75, 3.05) is 0 Å². The van der Waals surface area contributed by atoms with Crippen molar-refractivity contribution in [2.24, 2.45) is 5.92 Å². The Kier molecular flexibility index (Phi) is 5.73. The Bertz CT molecular complexity index is 642. The highest BCUT2D eigenvalue weighted by Crippen LogP contribution is 2.27. The van der Waals surface area contributed by atoms with E-state index in [1.54, 1.807) is 23.1 Å². The second kappa shape index (κ2) is 7.97. The number of thiazole rings is 1. The molecule has 1 fully saturated rings. The van der Waals surface area contributed by atoms with Gasteiger partial charge in [0.25, 0.3) is 5.91 Å². The van der Waals surface area contributed by atoms with Gasteiger partial charge in [0.05, 0.1) is 16.8 Å². The van der Waals surface area contributed by atoms with Gasteiger partial charge in [0.15, 0.2) is 0 Å². The summed E-state index contributed by atoms with van der Waals surface area (Å²) in [6.07, 6.45) is 4.70. The Balaban J connectivity index is 1.65. The molecule has 122 valence electrons. The van der Waals surface area contributed by atoms with Crippen molar-refractivity contribution in [3.05, 3.63) is 46.4 Å². The summed E-state index contributed by atoms with van der Waals surface area (Å²) in [5, 5.41) is 5.29. The molecule has 0 spiro atoms. The first-order chi connectivity index (χ1) is 11.2. The fourth-order valence-corrected chi connectivity index (χ4v) is 4.69. The number of nitrogens with zero attached hydrogens (tertiary/aromatic N) is 1. The lowest BCUT2D eigenvalue weighted by Gasteiger charge is -2.27. The van der Waals surface area contributed by atoms with E-state index in [0.717, 1.165) is 34.7 Å². The van der Waals surface area contributed by atoms with E-state index in [4.69, 9.17) is 0 Å². The highest BCUT2D eigenvalue weighted by molar-refractivity contribution is 7.98. The van der Waals surface area contributed by atoms with E-state index in [2.05, 4.69) is 22.6 Å². The summed E-state index contributed by atoms with van der Waals surface area (Å²) >= 11 is 3.28. The van der Waals surface area contributed by atoms with Crippen molar-refractivity contribution in [2.45, 2.75) is 49.3 Å². The first kappa shape index (κ1) is 16.5. The quantitative estimate of drug-likeness (QED) is 0.795. The molecule has 1 aromatic heterocycles. The molecule has 1 heterocycles. The summed E-state index contributed by atoms with van der Waals surface area (Å²) in [5.74, 6) is 1.57. The van der Waals surface area contributed by atoms with Gasteiger partial charge in [0, 0.05) is 22.1 Å². The molecule has 0 saturated heterocycles. The van der Waals surface area contributed by atoms with Gasteiger partial charge in [-0.05, 0) is 30.9 Å². The number of aromatic nitrogens is 1. The molecule has 5 heteroatoms. The van der Waals surface area contributed by atoms with Crippen LogP contribution in [0.4, 0.5) is 0 Å². The maximum Gasteiger partial charge on any atom is 0.252 e. The molecule has 0 aliphatic heterocycles. The Labute approximate surface area is 145 Å². The average Bonchev–Trinajstić information content (AvgIpc) is 3.06. The molecule has 1 saturated carbocycles. The van der Waals surface area contributed by atoms with Crippen molar-refractivity contribution in [1.29, 1.82) is 0 Å². The summed E-state index contributed by atoms with van der Waals surface area (Å²) in [6.45, 7) is 2.27. The first-order valence-electron chi connectivity index (χ1n) is 8.12. The van der Waals surface area contributed by atoms with Gasteiger partial charge in [-0.15, -0.1) is 23.1 Å². The maximum atomic E-state index is 12.7. The minimum atomic E-state index is 0.0606. The van der Waals surface area contributed by atoms with E-state index in [9.17, 15) is 4.79 Å². The van der Waals surface area contributed by atoms with E-state index >= 15 is 0 Å². The highest BCUT2D eigenvalue weighted by Gasteiger charge is 2.22. The number of amides is 1. The van der Waals surface area contributed by atoms with Gasteiger partial charge in [-0.25, -0.2) is 4.98 Å². The van der Waals surface area contributed by atoms with Crippen LogP contribution in [0.2, 0.25) is 0 Å². The van der Waals surface area contributed by atoms with Crippen molar-refractivity contribution >= 4 is 29.0 Å². The lowest BCUT2D eigenvalue weighted by Crippen LogP contribution is -2.38. The second-order valence-electron chi connectivity index (χ2n) is 6.21. The van der Waals surface area contributed by atoms with Crippen LogP contribution in [-0.2, 0) is 5.75 Å². The van der Waals surface area contributed by atoms with Crippen LogP contribution in [0.1, 0.15) is 48.7 Å². The monoisotopic (exact) mass is 346 g/mol. The smallest absolute Gasteiger partial charge is 0.252 e. The largest absolute Gasteiger partial charge is 0.349 e. The fraction of sp³-hybridized carbons (Fsp3) is 0.444. The van der Waals surface area contributed by atoms with Gasteiger partial charge in [-0.3, -0.25) is 4.79 Å². The van der Waals surface area contributed by atoms with Gasteiger partial charge < -0.3 is 5.32 Å². The molecular weight excluding hydrogens is 324 g/mol. The van der Waals surface area contributed by atoms with E-state index in [-0.39, 0.29) is 5.91 Å². The zero-order chi connectivity index (χ0) is 16.1. The third-order valence-electron chi connectivity index (χ3n) is 4.26. The molecule has 1 aliphatic carbocycles. The lowest BCUT2D eigenvalue weighted by molar-refractivity contribution is 0.0918. The summed E-state index contributed by atoms with van der Waals surface area (Å²) in [5.41, 5.74) is 3.70. The third kappa shape index (κ3) is 4.58. The van der Waals surface area contributed by atoms with Crippen LogP contribution in [0.5, 0.6) is 0 Å². The Morgan fingerprint density at radius 1 is 1.39 bits per heavy atom. The van der Waals surface area contributed by atoms with E-state index in [1.807, 2.05) is 29.8 Å². The zero-order valence-electron chi connectivity index (χ0n) is 13.3. The number of thioether (sulfide) groups is 1. The lowest BCUT2D eigenvalue weighted by atomic mass is 9.87. The summed E-state index contributed by atoms with van der Waals surface area (Å²) in [6, 6.07) is 8.19. The minimum absolute atomic E-state index is 0.0606. The van der Waals surface area contributed by atoms with Crippen LogP contribution in [0.25, 0.3) is 0 Å². The summed E-state index contributed by atoms with van der Waals surface area (Å²) in [7, 11) is 0. The SMILES string of the molecule is CC1CCCC(NC(=O)c2ccccc2SCc2cscn2)C1. The van der Waals surface area contributed by atoms with Crippen LogP contribution in [0.15, 0.2) is 40.1 Å². The molecule has 2 aromatic rings. The minimum Gasteiger partial charge on any atom is -0.349 e. The number of benzene rings is 1. The molecular formula is C18H22N2OS2. The maximum absolute atomic E-state index is 12.7. The van der Waals surface area contributed by atoms with Crippen LogP contribution in [-0.4, -0.2) is 16.9 Å². The molecule has 3 nitrogen and oxygen atoms in total. The molecule has 0 bridgehead atoms. The molecule has 1 N–H and O–H groups in total. The van der Waals surface area contributed by atoms with Gasteiger partial charge in [0.2, 0.25) is 0 Å². The van der Waals surface area contributed by atoms with E-state index in [1.165, 1.54) is 12.8 Å². The number of carbonyl (C=O) groups is 1. The molecule has 2 unspecified atom stereocenters. The Morgan fingerprint density at radius 3 is 3.04 bits per heavy atom. The molecule has 1 amide bonds. The second-order valence-corrected chi connectivity index (χ2v) is 7.94. The predicted octanol–water partition coefficient (Wildman–Crippen LogP) is 4.74. The number of rotatable bonds is 5. The number of carbonyl (C=O) groups excluding carboxylic acids is 1. The highest BCUT2D eigenvalue weighted by atomic mass is 32.2. The molecule has 1 aromatic carbocycles. The molecule has 1 aliphatic rings. The fourth-order valence-electron chi connectivity index (χ4n) is 3.07. The van der Waals surface area contributed by atoms with Crippen molar-refractivity contribution in [1.82, 2.24) is 10.3 Å². The average molecular weight is 347 g/mol. The van der Waals surface area contributed by atoms with Crippen molar-refractivity contribution < 1.29 is 4.79 Å². The van der Waals surface area contributed by atoms with Crippen molar-refractivity contribution in [3.63, 3.8) is 0 Å². The van der Waals surface area contributed by atoms with Crippen LogP contribution >= 0.6 is 23.1 Å². The van der Waals surface area contributed by atoms with Gasteiger partial charge in [-0.1, -0.05) is 31.9 Å². The summed E-state index contributed by atoms with van der Waals surface area (Å²) in [4.78, 5) is 18.0. The van der Waals surface area contributed by atoms with Crippen molar-refractivity contribution in [3.8, 4) is 0 Å². The van der Waals surface area contributed by atoms with E-state index in [0.29, 0.717) is 12.0 Å². The van der Waals surface area contributed by atoms with Crippen LogP contribution in [0.3, 0.4) is 0 Å². The Hall–Kier alpha value is -1.33. The van der Waals surface area contributed by atoms with Gasteiger partial charge in [0.1, 0.15) is 0 Å². The molecule has 2 atom stereocenters. The van der Waals surface area contributed by atoms with Gasteiger partial charge >= 0.3 is 0 Å². The number of hydrogen-bond donors (Lipinski definition) is 1. The molecule has 0 radical (unpaired) electrons. The normalized spacial score (nSPS) is 21.1. The van der Waals surface area contributed by atoms with E-state index < -0.39 is 0 Å². The first-order valence-corrected chi connectivity index (χ1v) is 10.0. The zero-order valence-corrected chi connectivity index (χ0v) is 15.0. The standard InChI is InChI=1S/C18H22N2OS2/c1-13-5-4-6-14(9-13)20-18(21)16-7-2-3-8-17(16)23-11-15-10-22-12-19-15/h2-3,7-8,10,12-14H,4-6,9,11H2,1H3,(H,20,21). The summed E-state index contributed by atoms with van der Waals surface area (Å²) < 4.78 is 0. The molecule has 23 heavy (non-hydrogen) atoms.